The Morgan fingerprint density at radius 3 is 1.52 bits per heavy atom. The maximum absolute atomic E-state index is 11.6. The van der Waals surface area contributed by atoms with Crippen molar-refractivity contribution >= 4 is 5.97 Å². The van der Waals surface area contributed by atoms with E-state index in [0.29, 0.717) is 13.0 Å². The predicted octanol–water partition coefficient (Wildman–Crippen LogP) is 3.58. The molecule has 0 fully saturated rings. The highest BCUT2D eigenvalue weighted by Crippen LogP contribution is 2.16. The fourth-order valence-corrected chi connectivity index (χ4v) is 2.62. The van der Waals surface area contributed by atoms with Crippen LogP contribution in [0.5, 0.6) is 0 Å². The summed E-state index contributed by atoms with van der Waals surface area (Å²) in [6, 6.07) is 0. The highest BCUT2D eigenvalue weighted by atomic mass is 16.5. The average Bonchev–Trinajstić information content (AvgIpc) is 2.63. The second kappa shape index (κ2) is 16.8. The standard InChI is InChI=1S/C20H40O5/c1-20(16-22,17-23)18-25-19(24)14-12-10-8-6-4-2-3-5-7-9-11-13-15-21/h21-23H,2-18H2,1H3. The molecule has 25 heavy (non-hydrogen) atoms. The Morgan fingerprint density at radius 1 is 0.720 bits per heavy atom. The van der Waals surface area contributed by atoms with Gasteiger partial charge in [-0.1, -0.05) is 71.1 Å². The van der Waals surface area contributed by atoms with Gasteiger partial charge in [-0.15, -0.1) is 0 Å². The van der Waals surface area contributed by atoms with E-state index in [0.717, 1.165) is 32.1 Å². The molecule has 0 aliphatic carbocycles. The predicted molar refractivity (Wildman–Crippen MR) is 100 cm³/mol. The summed E-state index contributed by atoms with van der Waals surface area (Å²) in [4.78, 5) is 11.6. The van der Waals surface area contributed by atoms with Gasteiger partial charge in [-0.05, 0) is 12.8 Å². The van der Waals surface area contributed by atoms with Gasteiger partial charge in [-0.2, -0.15) is 0 Å². The third kappa shape index (κ3) is 15.3. The normalized spacial score (nSPS) is 11.7. The molecular weight excluding hydrogens is 320 g/mol. The molecule has 0 saturated carbocycles. The van der Waals surface area contributed by atoms with Crippen LogP contribution in [0.1, 0.15) is 90.4 Å². The minimum absolute atomic E-state index is 0.0683. The number of carbonyl (C=O) groups excluding carboxylic acids is 1. The third-order valence-electron chi connectivity index (χ3n) is 4.63. The first-order valence-corrected chi connectivity index (χ1v) is 10.1. The fraction of sp³-hybridized carbons (Fsp3) is 0.950. The van der Waals surface area contributed by atoms with Gasteiger partial charge in [0.25, 0.3) is 0 Å². The van der Waals surface area contributed by atoms with E-state index in [1.807, 2.05) is 0 Å². The lowest BCUT2D eigenvalue weighted by Crippen LogP contribution is -2.32. The van der Waals surface area contributed by atoms with E-state index >= 15 is 0 Å². The lowest BCUT2D eigenvalue weighted by Gasteiger charge is -2.23. The zero-order chi connectivity index (χ0) is 18.8. The van der Waals surface area contributed by atoms with Crippen molar-refractivity contribution in [2.75, 3.05) is 26.4 Å². The molecule has 0 atom stereocenters. The molecule has 0 radical (unpaired) electrons. The Labute approximate surface area is 153 Å². The van der Waals surface area contributed by atoms with Crippen molar-refractivity contribution in [3.8, 4) is 0 Å². The van der Waals surface area contributed by atoms with E-state index in [1.54, 1.807) is 6.92 Å². The van der Waals surface area contributed by atoms with Gasteiger partial charge in [0.1, 0.15) is 6.61 Å². The summed E-state index contributed by atoms with van der Waals surface area (Å²) < 4.78 is 5.12. The van der Waals surface area contributed by atoms with E-state index in [9.17, 15) is 4.79 Å². The van der Waals surface area contributed by atoms with Gasteiger partial charge >= 0.3 is 5.97 Å². The average molecular weight is 361 g/mol. The highest BCUT2D eigenvalue weighted by Gasteiger charge is 2.24. The molecule has 0 aliphatic heterocycles. The zero-order valence-electron chi connectivity index (χ0n) is 16.2. The largest absolute Gasteiger partial charge is 0.465 e. The van der Waals surface area contributed by atoms with Crippen molar-refractivity contribution in [2.45, 2.75) is 90.4 Å². The molecule has 0 spiro atoms. The first kappa shape index (κ1) is 24.4. The Kier molecular flexibility index (Phi) is 16.4. The van der Waals surface area contributed by atoms with E-state index in [4.69, 9.17) is 20.1 Å². The summed E-state index contributed by atoms with van der Waals surface area (Å²) in [5, 5.41) is 27.0. The molecule has 150 valence electrons. The van der Waals surface area contributed by atoms with Crippen LogP contribution in [0, 0.1) is 5.41 Å². The van der Waals surface area contributed by atoms with E-state index < -0.39 is 5.41 Å². The van der Waals surface area contributed by atoms with Crippen LogP contribution in [0.15, 0.2) is 0 Å². The molecule has 3 N–H and O–H groups in total. The second-order valence-corrected chi connectivity index (χ2v) is 7.50. The Bertz CT molecular complexity index is 302. The lowest BCUT2D eigenvalue weighted by atomic mass is 9.94. The van der Waals surface area contributed by atoms with Crippen LogP contribution in [-0.2, 0) is 9.53 Å². The smallest absolute Gasteiger partial charge is 0.305 e. The maximum Gasteiger partial charge on any atom is 0.305 e. The topological polar surface area (TPSA) is 87.0 Å². The molecule has 0 unspecified atom stereocenters. The molecule has 0 aromatic heterocycles. The molecular formula is C20H40O5. The summed E-state index contributed by atoms with van der Waals surface area (Å²) >= 11 is 0. The Balaban J connectivity index is 3.31. The van der Waals surface area contributed by atoms with Crippen molar-refractivity contribution in [1.29, 1.82) is 0 Å². The molecule has 0 rings (SSSR count). The zero-order valence-corrected chi connectivity index (χ0v) is 16.2. The summed E-state index contributed by atoms with van der Waals surface area (Å²) in [6.45, 7) is 1.69. The minimum atomic E-state index is -0.742. The SMILES string of the molecule is CC(CO)(CO)COC(=O)CCCCCCCCCCCCCCO. The first-order chi connectivity index (χ1) is 12.1. The molecule has 0 amide bonds. The third-order valence-corrected chi connectivity index (χ3v) is 4.63. The second-order valence-electron chi connectivity index (χ2n) is 7.50. The summed E-state index contributed by atoms with van der Waals surface area (Å²) in [7, 11) is 0. The maximum atomic E-state index is 11.6. The molecule has 5 heteroatoms. The van der Waals surface area contributed by atoms with Crippen LogP contribution in [0.2, 0.25) is 0 Å². The monoisotopic (exact) mass is 360 g/mol. The molecule has 0 aromatic carbocycles. The highest BCUT2D eigenvalue weighted by molar-refractivity contribution is 5.69. The minimum Gasteiger partial charge on any atom is -0.465 e. The van der Waals surface area contributed by atoms with E-state index in [2.05, 4.69) is 0 Å². The molecule has 0 bridgehead atoms. The van der Waals surface area contributed by atoms with Gasteiger partial charge in [-0.25, -0.2) is 0 Å². The Morgan fingerprint density at radius 2 is 1.12 bits per heavy atom. The summed E-state index contributed by atoms with van der Waals surface area (Å²) in [5.41, 5.74) is -0.742. The van der Waals surface area contributed by atoms with Gasteiger partial charge in [0, 0.05) is 18.4 Å². The van der Waals surface area contributed by atoms with Crippen LogP contribution in [0.3, 0.4) is 0 Å². The van der Waals surface area contributed by atoms with Gasteiger partial charge in [0.15, 0.2) is 0 Å². The van der Waals surface area contributed by atoms with Crippen molar-refractivity contribution in [3.05, 3.63) is 0 Å². The van der Waals surface area contributed by atoms with Crippen molar-refractivity contribution < 1.29 is 24.9 Å². The van der Waals surface area contributed by atoms with Gasteiger partial charge in [-0.3, -0.25) is 4.79 Å². The van der Waals surface area contributed by atoms with Crippen LogP contribution in [-0.4, -0.2) is 47.7 Å². The quantitative estimate of drug-likeness (QED) is 0.257. The molecule has 0 heterocycles. The number of aliphatic hydroxyl groups excluding tert-OH is 3. The van der Waals surface area contributed by atoms with E-state index in [1.165, 1.54) is 44.9 Å². The van der Waals surface area contributed by atoms with Crippen molar-refractivity contribution in [1.82, 2.24) is 0 Å². The fourth-order valence-electron chi connectivity index (χ4n) is 2.62. The van der Waals surface area contributed by atoms with Gasteiger partial charge < -0.3 is 20.1 Å². The number of hydrogen-bond donors (Lipinski definition) is 3. The van der Waals surface area contributed by atoms with E-state index in [-0.39, 0.29) is 25.8 Å². The van der Waals surface area contributed by atoms with Gasteiger partial charge in [0.2, 0.25) is 0 Å². The van der Waals surface area contributed by atoms with Crippen LogP contribution in [0.25, 0.3) is 0 Å². The number of carbonyl (C=O) groups is 1. The summed E-state index contributed by atoms with van der Waals surface area (Å²) in [6.07, 6.45) is 14.5. The molecule has 0 aromatic rings. The van der Waals surface area contributed by atoms with Crippen molar-refractivity contribution in [3.63, 3.8) is 0 Å². The first-order valence-electron chi connectivity index (χ1n) is 10.1. The Hall–Kier alpha value is -0.650. The number of unbranched alkanes of at least 4 members (excludes halogenated alkanes) is 11. The summed E-state index contributed by atoms with van der Waals surface area (Å²) in [5.74, 6) is -0.241. The van der Waals surface area contributed by atoms with Crippen LogP contribution in [0.4, 0.5) is 0 Å². The number of esters is 1. The molecule has 5 nitrogen and oxygen atoms in total. The van der Waals surface area contributed by atoms with Crippen LogP contribution >= 0.6 is 0 Å². The number of hydrogen-bond acceptors (Lipinski definition) is 5. The molecule has 0 aliphatic rings. The molecule has 0 saturated heterocycles. The lowest BCUT2D eigenvalue weighted by molar-refractivity contribution is -0.149. The number of rotatable bonds is 18. The number of aliphatic hydroxyl groups is 3. The van der Waals surface area contributed by atoms with Crippen molar-refractivity contribution in [2.24, 2.45) is 5.41 Å². The van der Waals surface area contributed by atoms with Gasteiger partial charge in [0.05, 0.1) is 13.2 Å². The number of ether oxygens (including phenoxy) is 1. The van der Waals surface area contributed by atoms with Crippen LogP contribution < -0.4 is 0 Å².